The maximum atomic E-state index is 12.2. The van der Waals surface area contributed by atoms with Gasteiger partial charge in [-0.25, -0.2) is 4.98 Å². The monoisotopic (exact) mass is 418 g/mol. The molecule has 0 atom stereocenters. The molecule has 1 aromatic heterocycles. The Bertz CT molecular complexity index is 731. The second-order valence-corrected chi connectivity index (χ2v) is 6.99. The van der Waals surface area contributed by atoms with E-state index in [1.54, 1.807) is 12.3 Å². The van der Waals surface area contributed by atoms with Crippen LogP contribution in [0, 0.1) is 0 Å². The van der Waals surface area contributed by atoms with E-state index in [2.05, 4.69) is 42.1 Å². The van der Waals surface area contributed by atoms with Crippen molar-refractivity contribution in [2.45, 2.75) is 6.92 Å². The molecule has 0 radical (unpaired) electrons. The van der Waals surface area contributed by atoms with Gasteiger partial charge in [-0.2, -0.15) is 0 Å². The van der Waals surface area contributed by atoms with Crippen LogP contribution in [0.15, 0.2) is 47.1 Å². The van der Waals surface area contributed by atoms with Gasteiger partial charge in [0.25, 0.3) is 0 Å². The lowest BCUT2D eigenvalue weighted by Crippen LogP contribution is -2.48. The fourth-order valence-corrected chi connectivity index (χ4v) is 3.21. The summed E-state index contributed by atoms with van der Waals surface area (Å²) in [7, 11) is 0. The average molecular weight is 419 g/mol. The standard InChI is InChI=1S/C19H23BrN4O2/c1-2-26-17-6-4-3-5-16(17)24-11-9-23(10-12-24)14-19(25)22-18-8-7-15(20)13-21-18/h3-8,13H,2,9-12,14H2,1H3,(H,21,22,25). The molecule has 0 bridgehead atoms. The zero-order chi connectivity index (χ0) is 18.4. The van der Waals surface area contributed by atoms with Gasteiger partial charge in [-0.3, -0.25) is 9.69 Å². The summed E-state index contributed by atoms with van der Waals surface area (Å²) < 4.78 is 6.61. The molecule has 6 nitrogen and oxygen atoms in total. The maximum absolute atomic E-state index is 12.2. The summed E-state index contributed by atoms with van der Waals surface area (Å²) in [6.07, 6.45) is 1.67. The van der Waals surface area contributed by atoms with Gasteiger partial charge in [-0.1, -0.05) is 12.1 Å². The largest absolute Gasteiger partial charge is 0.492 e. The number of anilines is 2. The van der Waals surface area contributed by atoms with Crippen molar-refractivity contribution in [3.8, 4) is 5.75 Å². The molecule has 0 spiro atoms. The molecule has 138 valence electrons. The number of ether oxygens (including phenoxy) is 1. The first kappa shape index (κ1) is 18.7. The number of hydrogen-bond acceptors (Lipinski definition) is 5. The van der Waals surface area contributed by atoms with Crippen molar-refractivity contribution in [2.75, 3.05) is 49.5 Å². The van der Waals surface area contributed by atoms with Crippen molar-refractivity contribution in [1.29, 1.82) is 0 Å². The first-order valence-electron chi connectivity index (χ1n) is 8.76. The number of nitrogens with one attached hydrogen (secondary N) is 1. The molecule has 1 amide bonds. The molecule has 3 rings (SSSR count). The van der Waals surface area contributed by atoms with Gasteiger partial charge in [-0.05, 0) is 47.1 Å². The first-order valence-corrected chi connectivity index (χ1v) is 9.55. The lowest BCUT2D eigenvalue weighted by Gasteiger charge is -2.36. The highest BCUT2D eigenvalue weighted by Gasteiger charge is 2.21. The van der Waals surface area contributed by atoms with E-state index >= 15 is 0 Å². The van der Waals surface area contributed by atoms with Crippen molar-refractivity contribution in [1.82, 2.24) is 9.88 Å². The summed E-state index contributed by atoms with van der Waals surface area (Å²) in [4.78, 5) is 20.9. The van der Waals surface area contributed by atoms with E-state index in [-0.39, 0.29) is 5.91 Å². The number of para-hydroxylation sites is 2. The van der Waals surface area contributed by atoms with Crippen LogP contribution in [0.1, 0.15) is 6.92 Å². The fourth-order valence-electron chi connectivity index (χ4n) is 2.98. The van der Waals surface area contributed by atoms with E-state index in [1.165, 1.54) is 0 Å². The van der Waals surface area contributed by atoms with Crippen LogP contribution in [0.25, 0.3) is 0 Å². The topological polar surface area (TPSA) is 57.7 Å². The van der Waals surface area contributed by atoms with E-state index in [9.17, 15) is 4.79 Å². The number of carbonyl (C=O) groups is 1. The van der Waals surface area contributed by atoms with E-state index in [4.69, 9.17) is 4.74 Å². The Morgan fingerprint density at radius 1 is 1.19 bits per heavy atom. The van der Waals surface area contributed by atoms with Crippen LogP contribution in [-0.2, 0) is 4.79 Å². The smallest absolute Gasteiger partial charge is 0.239 e. The maximum Gasteiger partial charge on any atom is 0.239 e. The van der Waals surface area contributed by atoms with Crippen LogP contribution < -0.4 is 15.0 Å². The number of pyridine rings is 1. The number of benzene rings is 1. The van der Waals surface area contributed by atoms with Gasteiger partial charge < -0.3 is 15.0 Å². The Morgan fingerprint density at radius 3 is 2.65 bits per heavy atom. The number of hydrogen-bond donors (Lipinski definition) is 1. The van der Waals surface area contributed by atoms with Gasteiger partial charge in [0, 0.05) is 36.8 Å². The van der Waals surface area contributed by atoms with Gasteiger partial charge in [0.15, 0.2) is 0 Å². The minimum atomic E-state index is -0.0389. The zero-order valence-corrected chi connectivity index (χ0v) is 16.4. The zero-order valence-electron chi connectivity index (χ0n) is 14.8. The number of amides is 1. The van der Waals surface area contributed by atoms with Gasteiger partial charge in [-0.15, -0.1) is 0 Å². The van der Waals surface area contributed by atoms with Crippen molar-refractivity contribution in [2.24, 2.45) is 0 Å². The molecule has 1 aliphatic rings. The second-order valence-electron chi connectivity index (χ2n) is 6.07. The van der Waals surface area contributed by atoms with Crippen LogP contribution in [-0.4, -0.2) is 55.1 Å². The number of halogens is 1. The molecular formula is C19H23BrN4O2. The van der Waals surface area contributed by atoms with E-state index in [0.29, 0.717) is 19.0 Å². The van der Waals surface area contributed by atoms with Crippen LogP contribution in [0.5, 0.6) is 5.75 Å². The number of carbonyl (C=O) groups excluding carboxylic acids is 1. The van der Waals surface area contributed by atoms with E-state index in [0.717, 1.165) is 42.1 Å². The third-order valence-electron chi connectivity index (χ3n) is 4.24. The summed E-state index contributed by atoms with van der Waals surface area (Å²) in [6.45, 7) is 6.43. The second kappa shape index (κ2) is 9.00. The Hall–Kier alpha value is -2.12. The fraction of sp³-hybridized carbons (Fsp3) is 0.368. The molecule has 2 heterocycles. The number of piperazine rings is 1. The minimum Gasteiger partial charge on any atom is -0.492 e. The molecule has 1 aromatic carbocycles. The number of nitrogens with zero attached hydrogens (tertiary/aromatic N) is 3. The Kier molecular flexibility index (Phi) is 6.46. The predicted molar refractivity (Wildman–Crippen MR) is 107 cm³/mol. The number of aromatic nitrogens is 1. The van der Waals surface area contributed by atoms with E-state index in [1.807, 2.05) is 31.2 Å². The molecule has 1 N–H and O–H groups in total. The highest BCUT2D eigenvalue weighted by molar-refractivity contribution is 9.10. The Morgan fingerprint density at radius 2 is 1.96 bits per heavy atom. The molecular weight excluding hydrogens is 396 g/mol. The van der Waals surface area contributed by atoms with Crippen LogP contribution >= 0.6 is 15.9 Å². The van der Waals surface area contributed by atoms with Crippen molar-refractivity contribution >= 4 is 33.3 Å². The normalized spacial score (nSPS) is 14.9. The highest BCUT2D eigenvalue weighted by Crippen LogP contribution is 2.28. The molecule has 7 heteroatoms. The molecule has 0 aliphatic carbocycles. The van der Waals surface area contributed by atoms with Crippen LogP contribution in [0.2, 0.25) is 0 Å². The Balaban J connectivity index is 1.51. The minimum absolute atomic E-state index is 0.0389. The summed E-state index contributed by atoms with van der Waals surface area (Å²) in [5.41, 5.74) is 1.12. The summed E-state index contributed by atoms with van der Waals surface area (Å²) in [6, 6.07) is 11.8. The van der Waals surface area contributed by atoms with E-state index < -0.39 is 0 Å². The van der Waals surface area contributed by atoms with Gasteiger partial charge >= 0.3 is 0 Å². The molecule has 1 fully saturated rings. The lowest BCUT2D eigenvalue weighted by molar-refractivity contribution is -0.117. The first-order chi connectivity index (χ1) is 12.7. The van der Waals surface area contributed by atoms with Crippen LogP contribution in [0.4, 0.5) is 11.5 Å². The van der Waals surface area contributed by atoms with Crippen LogP contribution in [0.3, 0.4) is 0 Å². The van der Waals surface area contributed by atoms with Gasteiger partial charge in [0.1, 0.15) is 11.6 Å². The quantitative estimate of drug-likeness (QED) is 0.780. The number of rotatable bonds is 6. The molecule has 2 aromatic rings. The van der Waals surface area contributed by atoms with Crippen molar-refractivity contribution in [3.05, 3.63) is 47.1 Å². The molecule has 1 aliphatic heterocycles. The van der Waals surface area contributed by atoms with Crippen molar-refractivity contribution in [3.63, 3.8) is 0 Å². The highest BCUT2D eigenvalue weighted by atomic mass is 79.9. The SMILES string of the molecule is CCOc1ccccc1N1CCN(CC(=O)Nc2ccc(Br)cn2)CC1. The summed E-state index contributed by atoms with van der Waals surface area (Å²) in [5, 5.41) is 2.84. The predicted octanol–water partition coefficient (Wildman–Crippen LogP) is 3.00. The lowest BCUT2D eigenvalue weighted by atomic mass is 10.2. The molecule has 0 saturated carbocycles. The molecule has 1 saturated heterocycles. The van der Waals surface area contributed by atoms with Crippen molar-refractivity contribution < 1.29 is 9.53 Å². The average Bonchev–Trinajstić information content (AvgIpc) is 2.65. The summed E-state index contributed by atoms with van der Waals surface area (Å²) in [5.74, 6) is 1.45. The molecule has 0 unspecified atom stereocenters. The summed E-state index contributed by atoms with van der Waals surface area (Å²) >= 11 is 3.33. The van der Waals surface area contributed by atoms with Gasteiger partial charge in [0.2, 0.25) is 5.91 Å². The van der Waals surface area contributed by atoms with Gasteiger partial charge in [0.05, 0.1) is 18.8 Å². The molecule has 26 heavy (non-hydrogen) atoms. The third kappa shape index (κ3) is 4.95. The third-order valence-corrected chi connectivity index (χ3v) is 4.71. The Labute approximate surface area is 162 Å².